The first kappa shape index (κ1) is 18.3. The second-order valence-electron chi connectivity index (χ2n) is 5.94. The molecule has 4 N–H and O–H groups in total. The largest absolute Gasteiger partial charge is 0.495 e. The van der Waals surface area contributed by atoms with Gasteiger partial charge in [0.2, 0.25) is 5.91 Å². The Balaban J connectivity index is 2.27. The molecule has 0 aromatic heterocycles. The number of amides is 2. The van der Waals surface area contributed by atoms with Crippen LogP contribution < -0.4 is 21.1 Å². The maximum absolute atomic E-state index is 12.6. The van der Waals surface area contributed by atoms with Gasteiger partial charge >= 0.3 is 0 Å². The molecule has 0 radical (unpaired) electrons. The number of nitrogens with one attached hydrogen (secondary N) is 2. The molecule has 6 heteroatoms. The zero-order chi connectivity index (χ0) is 18.4. The molecule has 0 heterocycles. The van der Waals surface area contributed by atoms with Gasteiger partial charge in [0, 0.05) is 11.6 Å². The molecule has 132 valence electrons. The number of methoxy groups -OCH3 is 1. The summed E-state index contributed by atoms with van der Waals surface area (Å²) in [6.07, 6.45) is 0. The molecule has 1 atom stereocenters. The molecule has 1 unspecified atom stereocenters. The molecule has 2 aromatic carbocycles. The summed E-state index contributed by atoms with van der Waals surface area (Å²) in [5.41, 5.74) is 7.29. The predicted molar refractivity (Wildman–Crippen MR) is 97.3 cm³/mol. The summed E-state index contributed by atoms with van der Waals surface area (Å²) in [6, 6.07) is 13.0. The van der Waals surface area contributed by atoms with E-state index in [2.05, 4.69) is 10.6 Å². The van der Waals surface area contributed by atoms with Crippen LogP contribution in [0.25, 0.3) is 0 Å². The van der Waals surface area contributed by atoms with Gasteiger partial charge in [-0.05, 0) is 37.6 Å². The lowest BCUT2D eigenvalue weighted by Crippen LogP contribution is -2.42. The number of hydrogen-bond acceptors (Lipinski definition) is 4. The number of ether oxygens (including phenoxy) is 1. The molecule has 0 saturated heterocycles. The van der Waals surface area contributed by atoms with Crippen molar-refractivity contribution in [2.75, 3.05) is 12.8 Å². The molecule has 0 aliphatic heterocycles. The van der Waals surface area contributed by atoms with E-state index in [1.807, 2.05) is 32.0 Å². The Morgan fingerprint density at radius 1 is 1.04 bits per heavy atom. The van der Waals surface area contributed by atoms with E-state index >= 15 is 0 Å². The second-order valence-corrected chi connectivity index (χ2v) is 5.94. The van der Waals surface area contributed by atoms with Gasteiger partial charge in [0.1, 0.15) is 11.8 Å². The Morgan fingerprint density at radius 3 is 2.32 bits per heavy atom. The molecule has 2 amide bonds. The van der Waals surface area contributed by atoms with E-state index in [-0.39, 0.29) is 17.9 Å². The van der Waals surface area contributed by atoms with E-state index in [4.69, 9.17) is 10.5 Å². The molecule has 0 aliphatic carbocycles. The van der Waals surface area contributed by atoms with Crippen molar-refractivity contribution in [1.82, 2.24) is 10.6 Å². The topological polar surface area (TPSA) is 93.4 Å². The first-order valence-electron chi connectivity index (χ1n) is 8.02. The van der Waals surface area contributed by atoms with Gasteiger partial charge in [0.05, 0.1) is 12.8 Å². The van der Waals surface area contributed by atoms with Crippen LogP contribution in [0.3, 0.4) is 0 Å². The number of carbonyl (C=O) groups excluding carboxylic acids is 2. The molecular weight excluding hydrogens is 318 g/mol. The van der Waals surface area contributed by atoms with Crippen LogP contribution in [0.5, 0.6) is 5.75 Å². The highest BCUT2D eigenvalue weighted by molar-refractivity contribution is 5.98. The minimum atomic E-state index is -0.792. The second kappa shape index (κ2) is 8.19. The van der Waals surface area contributed by atoms with Crippen LogP contribution in [0.4, 0.5) is 5.69 Å². The van der Waals surface area contributed by atoms with Gasteiger partial charge in [-0.15, -0.1) is 0 Å². The smallest absolute Gasteiger partial charge is 0.252 e. The number of nitrogens with two attached hydrogens (primary N) is 1. The van der Waals surface area contributed by atoms with Crippen LogP contribution in [-0.4, -0.2) is 25.0 Å². The fourth-order valence-electron chi connectivity index (χ4n) is 2.38. The van der Waals surface area contributed by atoms with E-state index in [1.165, 1.54) is 7.11 Å². The summed E-state index contributed by atoms with van der Waals surface area (Å²) < 4.78 is 5.14. The van der Waals surface area contributed by atoms with Crippen molar-refractivity contribution in [1.29, 1.82) is 0 Å². The number of carbonyl (C=O) groups is 2. The van der Waals surface area contributed by atoms with Crippen molar-refractivity contribution in [3.63, 3.8) is 0 Å². The molecule has 2 rings (SSSR count). The van der Waals surface area contributed by atoms with Crippen molar-refractivity contribution in [3.8, 4) is 5.75 Å². The Morgan fingerprint density at radius 2 is 1.72 bits per heavy atom. The minimum absolute atomic E-state index is 0.0350. The third-order valence-electron chi connectivity index (χ3n) is 3.60. The summed E-state index contributed by atoms with van der Waals surface area (Å²) in [5, 5.41) is 5.61. The van der Waals surface area contributed by atoms with Crippen molar-refractivity contribution in [3.05, 3.63) is 59.7 Å². The molecule has 0 saturated carbocycles. The monoisotopic (exact) mass is 341 g/mol. The lowest BCUT2D eigenvalue weighted by molar-refractivity contribution is -0.123. The third-order valence-corrected chi connectivity index (χ3v) is 3.60. The van der Waals surface area contributed by atoms with Crippen molar-refractivity contribution >= 4 is 17.5 Å². The predicted octanol–water partition coefficient (Wildman–Crippen LogP) is 2.27. The first-order chi connectivity index (χ1) is 11.9. The number of rotatable bonds is 6. The van der Waals surface area contributed by atoms with E-state index in [9.17, 15) is 9.59 Å². The third kappa shape index (κ3) is 4.73. The Labute approximate surface area is 147 Å². The van der Waals surface area contributed by atoms with Crippen LogP contribution in [0.1, 0.15) is 35.8 Å². The van der Waals surface area contributed by atoms with E-state index < -0.39 is 6.04 Å². The van der Waals surface area contributed by atoms with Crippen LogP contribution in [0.2, 0.25) is 0 Å². The van der Waals surface area contributed by atoms with Gasteiger partial charge in [-0.1, -0.05) is 30.3 Å². The van der Waals surface area contributed by atoms with Crippen LogP contribution in [0.15, 0.2) is 48.5 Å². The average molecular weight is 341 g/mol. The lowest BCUT2D eigenvalue weighted by Gasteiger charge is -2.20. The maximum Gasteiger partial charge on any atom is 0.252 e. The average Bonchev–Trinajstić information content (AvgIpc) is 2.59. The SMILES string of the molecule is COc1cc(C(=O)NC(C(=O)NC(C)C)c2ccccc2)ccc1N. The Bertz CT molecular complexity index is 745. The van der Waals surface area contributed by atoms with Crippen LogP contribution in [0, 0.1) is 0 Å². The van der Waals surface area contributed by atoms with E-state index in [0.29, 0.717) is 22.6 Å². The van der Waals surface area contributed by atoms with E-state index in [1.54, 1.807) is 30.3 Å². The van der Waals surface area contributed by atoms with Crippen molar-refractivity contribution in [2.45, 2.75) is 25.9 Å². The van der Waals surface area contributed by atoms with Gasteiger partial charge in [-0.2, -0.15) is 0 Å². The zero-order valence-electron chi connectivity index (χ0n) is 14.6. The Kier molecular flexibility index (Phi) is 6.00. The van der Waals surface area contributed by atoms with Crippen LogP contribution in [-0.2, 0) is 4.79 Å². The number of nitrogen functional groups attached to an aromatic ring is 1. The minimum Gasteiger partial charge on any atom is -0.495 e. The molecular formula is C19H23N3O3. The van der Waals surface area contributed by atoms with Gasteiger partial charge in [0.15, 0.2) is 0 Å². The highest BCUT2D eigenvalue weighted by Crippen LogP contribution is 2.23. The summed E-state index contributed by atoms with van der Waals surface area (Å²) in [7, 11) is 1.48. The summed E-state index contributed by atoms with van der Waals surface area (Å²) in [4.78, 5) is 25.1. The summed E-state index contributed by atoms with van der Waals surface area (Å²) in [5.74, 6) is -0.237. The summed E-state index contributed by atoms with van der Waals surface area (Å²) in [6.45, 7) is 3.74. The maximum atomic E-state index is 12.6. The molecule has 6 nitrogen and oxygen atoms in total. The molecule has 0 fully saturated rings. The molecule has 25 heavy (non-hydrogen) atoms. The Hall–Kier alpha value is -3.02. The van der Waals surface area contributed by atoms with Gasteiger partial charge in [0.25, 0.3) is 5.91 Å². The quantitative estimate of drug-likeness (QED) is 0.703. The number of anilines is 1. The normalized spacial score (nSPS) is 11.7. The number of benzene rings is 2. The van der Waals surface area contributed by atoms with Gasteiger partial charge in [-0.25, -0.2) is 0 Å². The van der Waals surface area contributed by atoms with Gasteiger partial charge < -0.3 is 21.1 Å². The zero-order valence-corrected chi connectivity index (χ0v) is 14.6. The number of hydrogen-bond donors (Lipinski definition) is 3. The molecule has 0 aliphatic rings. The van der Waals surface area contributed by atoms with Crippen molar-refractivity contribution < 1.29 is 14.3 Å². The highest BCUT2D eigenvalue weighted by Gasteiger charge is 2.24. The summed E-state index contributed by atoms with van der Waals surface area (Å²) >= 11 is 0. The standard InChI is InChI=1S/C19H23N3O3/c1-12(2)21-19(24)17(13-7-5-4-6-8-13)22-18(23)14-9-10-15(20)16(11-14)25-3/h4-12,17H,20H2,1-3H3,(H,21,24)(H,22,23). The van der Waals surface area contributed by atoms with E-state index in [0.717, 1.165) is 0 Å². The highest BCUT2D eigenvalue weighted by atomic mass is 16.5. The molecule has 0 spiro atoms. The van der Waals surface area contributed by atoms with Crippen molar-refractivity contribution in [2.24, 2.45) is 0 Å². The lowest BCUT2D eigenvalue weighted by atomic mass is 10.0. The fourth-order valence-corrected chi connectivity index (χ4v) is 2.38. The fraction of sp³-hybridized carbons (Fsp3) is 0.263. The van der Waals surface area contributed by atoms with Crippen LogP contribution >= 0.6 is 0 Å². The first-order valence-corrected chi connectivity index (χ1v) is 8.02. The molecule has 0 bridgehead atoms. The molecule has 2 aromatic rings. The van der Waals surface area contributed by atoms with Gasteiger partial charge in [-0.3, -0.25) is 9.59 Å².